The zero-order valence-electron chi connectivity index (χ0n) is 18.8. The zero-order chi connectivity index (χ0) is 23.4. The monoisotopic (exact) mass is 468 g/mol. The van der Waals surface area contributed by atoms with E-state index in [1.807, 2.05) is 32.0 Å². The molecule has 4 heterocycles. The first kappa shape index (κ1) is 23.1. The lowest BCUT2D eigenvalue weighted by molar-refractivity contribution is -0.119. The molecule has 2 fully saturated rings. The van der Waals surface area contributed by atoms with E-state index in [1.54, 1.807) is 23.2 Å². The van der Waals surface area contributed by atoms with E-state index in [-0.39, 0.29) is 17.9 Å². The summed E-state index contributed by atoms with van der Waals surface area (Å²) in [6.07, 6.45) is 3.73. The fourth-order valence-electron chi connectivity index (χ4n) is 3.87. The van der Waals surface area contributed by atoms with Crippen LogP contribution in [0.3, 0.4) is 0 Å². The summed E-state index contributed by atoms with van der Waals surface area (Å²) in [6.45, 7) is 7.61. The number of thiocarbonyl (C=S) groups is 1. The number of ether oxygens (including phenoxy) is 1. The number of pyridine rings is 2. The first-order valence-corrected chi connectivity index (χ1v) is 11.5. The number of aromatic nitrogens is 2. The van der Waals surface area contributed by atoms with Crippen molar-refractivity contribution in [3.8, 4) is 5.75 Å². The maximum atomic E-state index is 12.6. The Labute approximate surface area is 198 Å². The number of hydrogen-bond acceptors (Lipinski definition) is 7. The van der Waals surface area contributed by atoms with Gasteiger partial charge in [-0.1, -0.05) is 19.9 Å². The molecule has 2 amide bonds. The number of anilines is 1. The number of nitrogens with one attached hydrogen (secondary N) is 1. The molecule has 2 saturated heterocycles. The lowest BCUT2D eigenvalue weighted by Crippen LogP contribution is -2.49. The van der Waals surface area contributed by atoms with E-state index >= 15 is 0 Å². The summed E-state index contributed by atoms with van der Waals surface area (Å²) >= 11 is 5.29. The minimum Gasteiger partial charge on any atom is -0.409 e. The van der Waals surface area contributed by atoms with Gasteiger partial charge in [-0.15, -0.1) is 0 Å². The van der Waals surface area contributed by atoms with Gasteiger partial charge in [-0.25, -0.2) is 14.7 Å². The van der Waals surface area contributed by atoms with Crippen LogP contribution in [0, 0.1) is 5.92 Å². The number of carbonyl (C=O) groups excluding carboxylic acids is 2. The highest BCUT2D eigenvalue weighted by atomic mass is 32.1. The van der Waals surface area contributed by atoms with Crippen LogP contribution in [-0.4, -0.2) is 75.6 Å². The van der Waals surface area contributed by atoms with Gasteiger partial charge in [-0.05, 0) is 42.4 Å². The van der Waals surface area contributed by atoms with E-state index in [4.69, 9.17) is 17.0 Å². The lowest BCUT2D eigenvalue weighted by Gasteiger charge is -2.33. The zero-order valence-corrected chi connectivity index (χ0v) is 19.6. The van der Waals surface area contributed by atoms with Gasteiger partial charge in [0.2, 0.25) is 0 Å². The van der Waals surface area contributed by atoms with Gasteiger partial charge in [0.05, 0.1) is 6.20 Å². The molecule has 1 N–H and O–H groups in total. The summed E-state index contributed by atoms with van der Waals surface area (Å²) in [4.78, 5) is 39.2. The Bertz CT molecular complexity index is 993. The van der Waals surface area contributed by atoms with Crippen LogP contribution in [0.5, 0.6) is 5.75 Å². The molecule has 0 aromatic carbocycles. The van der Waals surface area contributed by atoms with Crippen molar-refractivity contribution in [2.45, 2.75) is 26.3 Å². The maximum absolute atomic E-state index is 12.6. The third kappa shape index (κ3) is 5.45. The molecule has 0 spiro atoms. The van der Waals surface area contributed by atoms with Crippen molar-refractivity contribution in [1.29, 1.82) is 0 Å². The summed E-state index contributed by atoms with van der Waals surface area (Å²) < 4.78 is 5.49. The highest BCUT2D eigenvalue weighted by Crippen LogP contribution is 2.23. The van der Waals surface area contributed by atoms with E-state index < -0.39 is 6.09 Å². The van der Waals surface area contributed by atoms with Crippen LogP contribution in [0.1, 0.15) is 19.5 Å². The number of amides is 2. The SMILES string of the molecule is CC(C)C1NC(=S)N(c2ccc(OC(=O)N3CCN(CCc4ccccn4)CC3)cn2)C1=O. The topological polar surface area (TPSA) is 90.9 Å². The Morgan fingerprint density at radius 1 is 1.18 bits per heavy atom. The summed E-state index contributed by atoms with van der Waals surface area (Å²) in [7, 11) is 0. The van der Waals surface area contributed by atoms with Crippen LogP contribution in [0.25, 0.3) is 0 Å². The summed E-state index contributed by atoms with van der Waals surface area (Å²) in [6, 6.07) is 8.83. The van der Waals surface area contributed by atoms with E-state index in [1.165, 1.54) is 11.1 Å². The largest absolute Gasteiger partial charge is 0.415 e. The predicted octanol–water partition coefficient (Wildman–Crippen LogP) is 2.08. The van der Waals surface area contributed by atoms with Gasteiger partial charge in [0.15, 0.2) is 10.9 Å². The number of rotatable bonds is 6. The second kappa shape index (κ2) is 10.2. The Hall–Kier alpha value is -3.11. The molecule has 1 atom stereocenters. The van der Waals surface area contributed by atoms with Crippen LogP contribution in [-0.2, 0) is 11.2 Å². The normalized spacial score (nSPS) is 19.2. The molecule has 2 aromatic rings. The molecule has 9 nitrogen and oxygen atoms in total. The van der Waals surface area contributed by atoms with Crippen molar-refractivity contribution in [1.82, 2.24) is 25.1 Å². The van der Waals surface area contributed by atoms with E-state index in [2.05, 4.69) is 20.2 Å². The molecule has 2 aromatic heterocycles. The van der Waals surface area contributed by atoms with E-state index in [9.17, 15) is 9.59 Å². The first-order valence-electron chi connectivity index (χ1n) is 11.1. The molecule has 0 radical (unpaired) electrons. The fourth-order valence-corrected chi connectivity index (χ4v) is 4.18. The smallest absolute Gasteiger partial charge is 0.409 e. The van der Waals surface area contributed by atoms with Crippen molar-refractivity contribution in [2.75, 3.05) is 37.6 Å². The number of nitrogens with zero attached hydrogens (tertiary/aromatic N) is 5. The van der Waals surface area contributed by atoms with E-state index in [0.717, 1.165) is 31.7 Å². The van der Waals surface area contributed by atoms with Gasteiger partial charge in [0, 0.05) is 51.0 Å². The van der Waals surface area contributed by atoms with Crippen molar-refractivity contribution in [3.05, 3.63) is 48.4 Å². The fraction of sp³-hybridized carbons (Fsp3) is 0.435. The summed E-state index contributed by atoms with van der Waals surface area (Å²) in [5.41, 5.74) is 1.07. The van der Waals surface area contributed by atoms with Gasteiger partial charge in [0.1, 0.15) is 11.9 Å². The minimum atomic E-state index is -0.400. The molecule has 2 aliphatic heterocycles. The Morgan fingerprint density at radius 3 is 2.58 bits per heavy atom. The molecule has 0 saturated carbocycles. The average molecular weight is 469 g/mol. The Kier molecular flexibility index (Phi) is 7.14. The highest BCUT2D eigenvalue weighted by Gasteiger charge is 2.38. The summed E-state index contributed by atoms with van der Waals surface area (Å²) in [5, 5.41) is 3.36. The molecule has 10 heteroatoms. The number of piperazine rings is 1. The molecule has 174 valence electrons. The van der Waals surface area contributed by atoms with Gasteiger partial charge in [-0.3, -0.25) is 14.7 Å². The number of hydrogen-bond donors (Lipinski definition) is 1. The first-order chi connectivity index (χ1) is 15.9. The lowest BCUT2D eigenvalue weighted by atomic mass is 10.1. The molecule has 1 unspecified atom stereocenters. The van der Waals surface area contributed by atoms with Crippen LogP contribution >= 0.6 is 12.2 Å². The Balaban J connectivity index is 1.26. The molecule has 0 bridgehead atoms. The van der Waals surface area contributed by atoms with Crippen LogP contribution in [0.2, 0.25) is 0 Å². The predicted molar refractivity (Wildman–Crippen MR) is 128 cm³/mol. The second-order valence-electron chi connectivity index (χ2n) is 8.46. The van der Waals surface area contributed by atoms with Gasteiger partial charge in [0.25, 0.3) is 5.91 Å². The van der Waals surface area contributed by atoms with Crippen molar-refractivity contribution < 1.29 is 14.3 Å². The maximum Gasteiger partial charge on any atom is 0.415 e. The molecule has 33 heavy (non-hydrogen) atoms. The third-order valence-corrected chi connectivity index (χ3v) is 6.13. The second-order valence-corrected chi connectivity index (χ2v) is 8.85. The van der Waals surface area contributed by atoms with Crippen LogP contribution in [0.15, 0.2) is 42.7 Å². The molecular formula is C23H28N6O3S. The standard InChI is InChI=1S/C23H28N6O3S/c1-16(2)20-21(30)29(22(33)26-20)19-7-6-18(15-25-19)32-23(31)28-13-11-27(12-14-28)10-8-17-5-3-4-9-24-17/h3-7,9,15-16,20H,8,10-14H2,1-2H3,(H,26,33). The van der Waals surface area contributed by atoms with Gasteiger partial charge < -0.3 is 15.0 Å². The number of carbonyl (C=O) groups is 2. The molecule has 4 rings (SSSR count). The van der Waals surface area contributed by atoms with Crippen molar-refractivity contribution in [3.63, 3.8) is 0 Å². The summed E-state index contributed by atoms with van der Waals surface area (Å²) in [5.74, 6) is 0.707. The van der Waals surface area contributed by atoms with Crippen LogP contribution in [0.4, 0.5) is 10.6 Å². The molecular weight excluding hydrogens is 440 g/mol. The average Bonchev–Trinajstić information content (AvgIpc) is 3.13. The molecule has 2 aliphatic rings. The van der Waals surface area contributed by atoms with Gasteiger partial charge in [-0.2, -0.15) is 0 Å². The van der Waals surface area contributed by atoms with Crippen molar-refractivity contribution >= 4 is 35.1 Å². The third-order valence-electron chi connectivity index (χ3n) is 5.83. The molecule has 0 aliphatic carbocycles. The van der Waals surface area contributed by atoms with Crippen molar-refractivity contribution in [2.24, 2.45) is 5.92 Å². The Morgan fingerprint density at radius 2 is 1.97 bits per heavy atom. The van der Waals surface area contributed by atoms with Gasteiger partial charge >= 0.3 is 6.09 Å². The highest BCUT2D eigenvalue weighted by molar-refractivity contribution is 7.80. The van der Waals surface area contributed by atoms with E-state index in [0.29, 0.717) is 29.8 Å². The minimum absolute atomic E-state index is 0.108. The quantitative estimate of drug-likeness (QED) is 0.645. The van der Waals surface area contributed by atoms with Crippen LogP contribution < -0.4 is 15.0 Å².